The Hall–Kier alpha value is -1.06. The number of hydrogen-bond donors (Lipinski definition) is 2. The van der Waals surface area contributed by atoms with Crippen molar-refractivity contribution in [2.24, 2.45) is 4.99 Å². The van der Waals surface area contributed by atoms with Crippen molar-refractivity contribution in [2.45, 2.75) is 45.2 Å². The van der Waals surface area contributed by atoms with E-state index in [2.05, 4.69) is 62.7 Å². The molecule has 0 amide bonds. The number of likely N-dealkylation sites (tertiary alicyclic amines) is 1. The molecule has 29 heavy (non-hydrogen) atoms. The Labute approximate surface area is 199 Å². The summed E-state index contributed by atoms with van der Waals surface area (Å²) in [4.78, 5) is 7.38. The second-order valence-corrected chi connectivity index (χ2v) is 8.22. The highest BCUT2D eigenvalue weighted by Gasteiger charge is 2.19. The van der Waals surface area contributed by atoms with Gasteiger partial charge in [-0.2, -0.15) is 0 Å². The predicted octanol–water partition coefficient (Wildman–Crippen LogP) is 4.81. The minimum Gasteiger partial charge on any atom is -0.469 e. The molecule has 160 valence electrons. The van der Waals surface area contributed by atoms with Crippen LogP contribution >= 0.6 is 39.9 Å². The van der Waals surface area contributed by atoms with Crippen molar-refractivity contribution >= 4 is 45.9 Å². The number of hydrogen-bond acceptors (Lipinski definition) is 3. The lowest BCUT2D eigenvalue weighted by Crippen LogP contribution is -2.49. The van der Waals surface area contributed by atoms with E-state index in [-0.39, 0.29) is 24.0 Å². The van der Waals surface area contributed by atoms with E-state index < -0.39 is 0 Å². The number of guanidine groups is 1. The largest absolute Gasteiger partial charge is 0.469 e. The lowest BCUT2D eigenvalue weighted by Gasteiger charge is -2.32. The van der Waals surface area contributed by atoms with Crippen molar-refractivity contribution in [2.75, 3.05) is 26.2 Å². The van der Waals surface area contributed by atoms with Gasteiger partial charge in [0, 0.05) is 36.6 Å². The van der Waals surface area contributed by atoms with Gasteiger partial charge in [-0.25, -0.2) is 4.99 Å². The Morgan fingerprint density at radius 2 is 1.97 bits per heavy atom. The van der Waals surface area contributed by atoms with Crippen LogP contribution in [0.5, 0.6) is 0 Å². The highest BCUT2D eigenvalue weighted by atomic mass is 127. The van der Waals surface area contributed by atoms with Crippen LogP contribution in [0.1, 0.15) is 37.5 Å². The Kier molecular flexibility index (Phi) is 11.1. The first-order chi connectivity index (χ1) is 13.7. The number of piperidine rings is 1. The van der Waals surface area contributed by atoms with Gasteiger partial charge in [-0.1, -0.05) is 35.0 Å². The molecule has 2 N–H and O–H groups in total. The fourth-order valence-electron chi connectivity index (χ4n) is 3.48. The minimum atomic E-state index is 0. The van der Waals surface area contributed by atoms with Gasteiger partial charge in [0.1, 0.15) is 5.76 Å². The molecule has 1 aliphatic heterocycles. The summed E-state index contributed by atoms with van der Waals surface area (Å²) in [5, 5.41) is 7.13. The molecule has 0 saturated carbocycles. The van der Waals surface area contributed by atoms with Crippen LogP contribution in [0.15, 0.2) is 56.5 Å². The first-order valence-electron chi connectivity index (χ1n) is 10.3. The number of nitrogens with one attached hydrogen (secondary N) is 2. The standard InChI is InChI=1S/C22H31BrN4O.HI/c1-2-13-27-14-10-20(11-15-27)26-22(24-12-9-21-4-3-16-28-21)25-17-18-5-7-19(23)8-6-18;/h3-8,16,20H,2,9-15,17H2,1H3,(H2,24,25,26);1H. The third-order valence-electron chi connectivity index (χ3n) is 5.05. The van der Waals surface area contributed by atoms with Crippen molar-refractivity contribution in [3.05, 3.63) is 58.5 Å². The molecule has 3 rings (SSSR count). The molecule has 1 saturated heterocycles. The van der Waals surface area contributed by atoms with Crippen molar-refractivity contribution in [3.63, 3.8) is 0 Å². The smallest absolute Gasteiger partial charge is 0.191 e. The minimum absolute atomic E-state index is 0. The second kappa shape index (κ2) is 13.3. The predicted molar refractivity (Wildman–Crippen MR) is 134 cm³/mol. The van der Waals surface area contributed by atoms with Gasteiger partial charge < -0.3 is 20.0 Å². The zero-order chi connectivity index (χ0) is 19.6. The van der Waals surface area contributed by atoms with E-state index in [1.54, 1.807) is 6.26 Å². The summed E-state index contributed by atoms with van der Waals surface area (Å²) in [6.07, 6.45) is 6.13. The fraction of sp³-hybridized carbons (Fsp3) is 0.500. The van der Waals surface area contributed by atoms with E-state index in [0.717, 1.165) is 55.1 Å². The molecule has 1 aromatic heterocycles. The summed E-state index contributed by atoms with van der Waals surface area (Å²) in [6.45, 7) is 7.25. The molecular weight excluding hydrogens is 543 g/mol. The molecule has 2 aromatic rings. The summed E-state index contributed by atoms with van der Waals surface area (Å²) in [7, 11) is 0. The molecule has 2 heterocycles. The van der Waals surface area contributed by atoms with Gasteiger partial charge in [0.15, 0.2) is 5.96 Å². The maximum atomic E-state index is 5.43. The maximum Gasteiger partial charge on any atom is 0.191 e. The summed E-state index contributed by atoms with van der Waals surface area (Å²) >= 11 is 3.49. The van der Waals surface area contributed by atoms with E-state index in [9.17, 15) is 0 Å². The Bertz CT molecular complexity index is 713. The molecule has 0 radical (unpaired) electrons. The zero-order valence-electron chi connectivity index (χ0n) is 17.1. The van der Waals surface area contributed by atoms with Gasteiger partial charge in [0.2, 0.25) is 0 Å². The molecule has 0 spiro atoms. The quantitative estimate of drug-likeness (QED) is 0.270. The number of rotatable bonds is 8. The molecular formula is C22H32BrIN4O. The fourth-order valence-corrected chi connectivity index (χ4v) is 3.75. The molecule has 0 bridgehead atoms. The van der Waals surface area contributed by atoms with Crippen LogP contribution in [0.4, 0.5) is 0 Å². The first kappa shape index (κ1) is 24.2. The molecule has 0 atom stereocenters. The first-order valence-corrected chi connectivity index (χ1v) is 11.1. The number of aliphatic imine (C=N–C) groups is 1. The molecule has 1 fully saturated rings. The van der Waals surface area contributed by atoms with Crippen molar-refractivity contribution < 1.29 is 4.42 Å². The van der Waals surface area contributed by atoms with E-state index >= 15 is 0 Å². The van der Waals surface area contributed by atoms with Crippen LogP contribution in [0, 0.1) is 0 Å². The average molecular weight is 575 g/mol. The summed E-state index contributed by atoms with van der Waals surface area (Å²) in [5.74, 6) is 1.89. The molecule has 0 unspecified atom stereocenters. The van der Waals surface area contributed by atoms with Crippen LogP contribution in [0.3, 0.4) is 0 Å². The third-order valence-corrected chi connectivity index (χ3v) is 5.57. The maximum absolute atomic E-state index is 5.43. The molecule has 7 heteroatoms. The normalized spacial score (nSPS) is 15.7. The number of halogens is 2. The van der Waals surface area contributed by atoms with E-state index in [4.69, 9.17) is 9.41 Å². The summed E-state index contributed by atoms with van der Waals surface area (Å²) in [6, 6.07) is 12.8. The highest BCUT2D eigenvalue weighted by Crippen LogP contribution is 2.12. The Morgan fingerprint density at radius 3 is 2.62 bits per heavy atom. The number of furan rings is 1. The third kappa shape index (κ3) is 8.68. The Balaban J connectivity index is 0.00000300. The summed E-state index contributed by atoms with van der Waals surface area (Å²) in [5.41, 5.74) is 1.20. The SMILES string of the molecule is CCCN1CCC(NC(=NCc2ccc(Br)cc2)NCCc2ccco2)CC1.I. The van der Waals surface area contributed by atoms with Crippen LogP contribution in [0.2, 0.25) is 0 Å². The molecule has 1 aliphatic rings. The van der Waals surface area contributed by atoms with Crippen LogP contribution < -0.4 is 10.6 Å². The second-order valence-electron chi connectivity index (χ2n) is 7.31. The van der Waals surface area contributed by atoms with Crippen molar-refractivity contribution in [1.82, 2.24) is 15.5 Å². The van der Waals surface area contributed by atoms with Gasteiger partial charge >= 0.3 is 0 Å². The lowest BCUT2D eigenvalue weighted by molar-refractivity contribution is 0.206. The number of benzene rings is 1. The van der Waals surface area contributed by atoms with Gasteiger partial charge in [0.05, 0.1) is 12.8 Å². The van der Waals surface area contributed by atoms with Gasteiger partial charge in [-0.05, 0) is 55.6 Å². The average Bonchev–Trinajstić information content (AvgIpc) is 3.22. The monoisotopic (exact) mass is 574 g/mol. The topological polar surface area (TPSA) is 52.8 Å². The van der Waals surface area contributed by atoms with E-state index in [0.29, 0.717) is 12.6 Å². The van der Waals surface area contributed by atoms with Crippen molar-refractivity contribution in [1.29, 1.82) is 0 Å². The van der Waals surface area contributed by atoms with Crippen molar-refractivity contribution in [3.8, 4) is 0 Å². The van der Waals surface area contributed by atoms with Crippen LogP contribution in [-0.4, -0.2) is 43.1 Å². The van der Waals surface area contributed by atoms with E-state index in [1.807, 2.05) is 12.1 Å². The summed E-state index contributed by atoms with van der Waals surface area (Å²) < 4.78 is 6.52. The molecule has 5 nitrogen and oxygen atoms in total. The van der Waals surface area contributed by atoms with Crippen LogP contribution in [-0.2, 0) is 13.0 Å². The number of nitrogens with zero attached hydrogens (tertiary/aromatic N) is 2. The van der Waals surface area contributed by atoms with Gasteiger partial charge in [-0.15, -0.1) is 24.0 Å². The lowest BCUT2D eigenvalue weighted by atomic mass is 10.1. The Morgan fingerprint density at radius 1 is 1.21 bits per heavy atom. The van der Waals surface area contributed by atoms with E-state index in [1.165, 1.54) is 18.5 Å². The zero-order valence-corrected chi connectivity index (χ0v) is 21.0. The van der Waals surface area contributed by atoms with Crippen LogP contribution in [0.25, 0.3) is 0 Å². The molecule has 1 aromatic carbocycles. The molecule has 0 aliphatic carbocycles. The highest BCUT2D eigenvalue weighted by molar-refractivity contribution is 14.0. The van der Waals surface area contributed by atoms with Gasteiger partial charge in [-0.3, -0.25) is 0 Å². The van der Waals surface area contributed by atoms with Gasteiger partial charge in [0.25, 0.3) is 0 Å².